The van der Waals surface area contributed by atoms with Crippen LogP contribution in [0.25, 0.3) is 11.1 Å². The van der Waals surface area contributed by atoms with Crippen LogP contribution in [0.3, 0.4) is 0 Å². The molecule has 3 rings (SSSR count). The van der Waals surface area contributed by atoms with Gasteiger partial charge in [-0.05, 0) is 37.3 Å². The van der Waals surface area contributed by atoms with Crippen molar-refractivity contribution in [1.29, 1.82) is 0 Å². The van der Waals surface area contributed by atoms with Crippen molar-refractivity contribution in [3.63, 3.8) is 0 Å². The molecule has 5 nitrogen and oxygen atoms in total. The van der Waals surface area contributed by atoms with Crippen LogP contribution in [0.5, 0.6) is 5.75 Å². The number of benzene rings is 2. The van der Waals surface area contributed by atoms with E-state index >= 15 is 0 Å². The molecule has 0 aliphatic heterocycles. The molecule has 0 amide bonds. The largest absolute Gasteiger partial charge is 0.491 e. The Hall–Kier alpha value is -2.76. The molecule has 0 unspecified atom stereocenters. The second-order valence-corrected chi connectivity index (χ2v) is 4.45. The van der Waals surface area contributed by atoms with E-state index in [0.29, 0.717) is 29.1 Å². The number of anilines is 3. The number of hydrogen-bond acceptors (Lipinski definition) is 5. The molecule has 0 saturated heterocycles. The molecule has 0 saturated carbocycles. The lowest BCUT2D eigenvalue weighted by Gasteiger charge is -2.06. The monoisotopic (exact) mass is 287 g/mol. The summed E-state index contributed by atoms with van der Waals surface area (Å²) in [6.07, 6.45) is 0. The number of nitrogens with two attached hydrogens (primary N) is 1. The molecule has 1 heterocycles. The highest BCUT2D eigenvalue weighted by Gasteiger charge is 2.08. The maximum absolute atomic E-state index is 13.8. The standard InChI is InChI=1S/C15H14FN3O2/c1-2-20-13-6-4-10(8-11(13)16)18-15-19-12-7-9(17)3-5-14(12)21-15/h3-8H,2,17H2,1H3,(H,18,19). The van der Waals surface area contributed by atoms with E-state index in [-0.39, 0.29) is 11.8 Å². The minimum atomic E-state index is -0.442. The summed E-state index contributed by atoms with van der Waals surface area (Å²) in [5.41, 5.74) is 8.07. The van der Waals surface area contributed by atoms with Gasteiger partial charge < -0.3 is 20.2 Å². The Bertz CT molecular complexity index is 786. The lowest BCUT2D eigenvalue weighted by Crippen LogP contribution is -1.96. The zero-order chi connectivity index (χ0) is 14.8. The molecule has 1 aromatic heterocycles. The average molecular weight is 287 g/mol. The fraction of sp³-hybridized carbons (Fsp3) is 0.133. The lowest BCUT2D eigenvalue weighted by atomic mass is 10.3. The van der Waals surface area contributed by atoms with Gasteiger partial charge in [0.2, 0.25) is 0 Å². The summed E-state index contributed by atoms with van der Waals surface area (Å²) in [6, 6.07) is 10.0. The van der Waals surface area contributed by atoms with Crippen molar-refractivity contribution in [1.82, 2.24) is 4.98 Å². The van der Waals surface area contributed by atoms with E-state index < -0.39 is 5.82 Å². The highest BCUT2D eigenvalue weighted by Crippen LogP contribution is 2.26. The summed E-state index contributed by atoms with van der Waals surface area (Å²) in [6.45, 7) is 2.21. The van der Waals surface area contributed by atoms with Crippen molar-refractivity contribution in [2.75, 3.05) is 17.7 Å². The molecule has 0 atom stereocenters. The van der Waals surface area contributed by atoms with Gasteiger partial charge in [0, 0.05) is 17.4 Å². The molecule has 3 aromatic rings. The number of nitrogens with one attached hydrogen (secondary N) is 1. The molecule has 6 heteroatoms. The highest BCUT2D eigenvalue weighted by atomic mass is 19.1. The van der Waals surface area contributed by atoms with E-state index in [0.717, 1.165) is 0 Å². The van der Waals surface area contributed by atoms with Crippen molar-refractivity contribution < 1.29 is 13.5 Å². The number of fused-ring (bicyclic) bond motifs is 1. The van der Waals surface area contributed by atoms with Crippen LogP contribution in [0.1, 0.15) is 6.92 Å². The molecular formula is C15H14FN3O2. The third kappa shape index (κ3) is 2.74. The Kier molecular flexibility index (Phi) is 3.35. The highest BCUT2D eigenvalue weighted by molar-refractivity contribution is 5.78. The summed E-state index contributed by atoms with van der Waals surface area (Å²) in [5.74, 6) is -0.226. The molecule has 21 heavy (non-hydrogen) atoms. The number of nitrogens with zero attached hydrogens (tertiary/aromatic N) is 1. The first kappa shape index (κ1) is 13.2. The van der Waals surface area contributed by atoms with Crippen LogP contribution in [0, 0.1) is 5.82 Å². The quantitative estimate of drug-likeness (QED) is 0.716. The Morgan fingerprint density at radius 1 is 1.29 bits per heavy atom. The minimum Gasteiger partial charge on any atom is -0.491 e. The number of aromatic nitrogens is 1. The van der Waals surface area contributed by atoms with Gasteiger partial charge in [-0.2, -0.15) is 4.98 Å². The molecule has 0 radical (unpaired) electrons. The predicted molar refractivity (Wildman–Crippen MR) is 79.3 cm³/mol. The van der Waals surface area contributed by atoms with Gasteiger partial charge in [0.15, 0.2) is 17.1 Å². The molecule has 0 spiro atoms. The van der Waals surface area contributed by atoms with Crippen molar-refractivity contribution in [2.24, 2.45) is 0 Å². The Morgan fingerprint density at radius 2 is 2.14 bits per heavy atom. The van der Waals surface area contributed by atoms with Gasteiger partial charge in [-0.15, -0.1) is 0 Å². The van der Waals surface area contributed by atoms with Gasteiger partial charge in [-0.25, -0.2) is 4.39 Å². The molecular weight excluding hydrogens is 273 g/mol. The molecule has 0 bridgehead atoms. The topological polar surface area (TPSA) is 73.3 Å². The molecule has 108 valence electrons. The van der Waals surface area contributed by atoms with E-state index in [9.17, 15) is 4.39 Å². The van der Waals surface area contributed by atoms with Crippen molar-refractivity contribution in [3.8, 4) is 5.75 Å². The first-order valence-corrected chi connectivity index (χ1v) is 6.51. The SMILES string of the molecule is CCOc1ccc(Nc2nc3cc(N)ccc3o2)cc1F. The second-order valence-electron chi connectivity index (χ2n) is 4.45. The van der Waals surface area contributed by atoms with Crippen LogP contribution >= 0.6 is 0 Å². The Labute approximate surface area is 120 Å². The first-order valence-electron chi connectivity index (χ1n) is 6.51. The second kappa shape index (κ2) is 5.32. The number of nitrogen functional groups attached to an aromatic ring is 1. The van der Waals surface area contributed by atoms with Crippen molar-refractivity contribution >= 4 is 28.5 Å². The van der Waals surface area contributed by atoms with E-state index in [4.69, 9.17) is 14.9 Å². The maximum atomic E-state index is 13.8. The van der Waals surface area contributed by atoms with E-state index in [1.807, 2.05) is 0 Å². The third-order valence-electron chi connectivity index (χ3n) is 2.89. The summed E-state index contributed by atoms with van der Waals surface area (Å²) in [5, 5.41) is 2.91. The van der Waals surface area contributed by atoms with Gasteiger partial charge in [0.1, 0.15) is 5.52 Å². The number of rotatable bonds is 4. The summed E-state index contributed by atoms with van der Waals surface area (Å²) in [4.78, 5) is 4.25. The van der Waals surface area contributed by atoms with Gasteiger partial charge in [-0.1, -0.05) is 0 Å². The molecule has 2 aromatic carbocycles. The lowest BCUT2D eigenvalue weighted by molar-refractivity contribution is 0.321. The average Bonchev–Trinajstić information content (AvgIpc) is 2.83. The van der Waals surface area contributed by atoms with Crippen LogP contribution in [-0.2, 0) is 0 Å². The maximum Gasteiger partial charge on any atom is 0.300 e. The molecule has 3 N–H and O–H groups in total. The van der Waals surface area contributed by atoms with Crippen LogP contribution in [0.2, 0.25) is 0 Å². The van der Waals surface area contributed by atoms with Crippen LogP contribution in [0.4, 0.5) is 21.8 Å². The van der Waals surface area contributed by atoms with E-state index in [1.165, 1.54) is 6.07 Å². The smallest absolute Gasteiger partial charge is 0.300 e. The van der Waals surface area contributed by atoms with Crippen LogP contribution < -0.4 is 15.8 Å². The molecule has 0 aliphatic carbocycles. The van der Waals surface area contributed by atoms with E-state index in [2.05, 4.69) is 10.3 Å². The minimum absolute atomic E-state index is 0.216. The summed E-state index contributed by atoms with van der Waals surface area (Å²) >= 11 is 0. The number of ether oxygens (including phenoxy) is 1. The Morgan fingerprint density at radius 3 is 2.90 bits per heavy atom. The van der Waals surface area contributed by atoms with Crippen molar-refractivity contribution in [3.05, 3.63) is 42.2 Å². The Balaban J connectivity index is 1.86. The first-order chi connectivity index (χ1) is 10.2. The number of halogens is 1. The predicted octanol–water partition coefficient (Wildman–Crippen LogP) is 3.69. The number of hydrogen-bond donors (Lipinski definition) is 2. The van der Waals surface area contributed by atoms with Crippen LogP contribution in [-0.4, -0.2) is 11.6 Å². The normalized spacial score (nSPS) is 10.8. The van der Waals surface area contributed by atoms with Crippen LogP contribution in [0.15, 0.2) is 40.8 Å². The van der Waals surface area contributed by atoms with E-state index in [1.54, 1.807) is 37.3 Å². The summed E-state index contributed by atoms with van der Waals surface area (Å²) in [7, 11) is 0. The van der Waals surface area contributed by atoms with Crippen molar-refractivity contribution in [2.45, 2.75) is 6.92 Å². The fourth-order valence-electron chi connectivity index (χ4n) is 1.97. The number of oxazole rings is 1. The zero-order valence-electron chi connectivity index (χ0n) is 11.4. The summed E-state index contributed by atoms with van der Waals surface area (Å²) < 4.78 is 24.4. The third-order valence-corrected chi connectivity index (χ3v) is 2.89. The molecule has 0 aliphatic rings. The molecule has 0 fully saturated rings. The van der Waals surface area contributed by atoms with Gasteiger partial charge in [0.25, 0.3) is 6.01 Å². The fourth-order valence-corrected chi connectivity index (χ4v) is 1.97. The van der Waals surface area contributed by atoms with Gasteiger partial charge in [0.05, 0.1) is 6.61 Å². The zero-order valence-corrected chi connectivity index (χ0v) is 11.4. The van der Waals surface area contributed by atoms with Gasteiger partial charge >= 0.3 is 0 Å². The van der Waals surface area contributed by atoms with Gasteiger partial charge in [-0.3, -0.25) is 0 Å².